The molecule has 1 heterocycles. The van der Waals surface area contributed by atoms with Gasteiger partial charge in [0.05, 0.1) is 0 Å². The highest BCUT2D eigenvalue weighted by atomic mass is 16.2. The number of hydrogen-bond acceptors (Lipinski definition) is 2. The third kappa shape index (κ3) is 2.94. The van der Waals surface area contributed by atoms with E-state index in [0.717, 1.165) is 32.0 Å². The van der Waals surface area contributed by atoms with Gasteiger partial charge in [-0.25, -0.2) is 0 Å². The van der Waals surface area contributed by atoms with E-state index in [0.29, 0.717) is 11.8 Å². The molecule has 2 rings (SSSR count). The lowest BCUT2D eigenvalue weighted by Gasteiger charge is -2.30. The first kappa shape index (κ1) is 10.9. The molecule has 1 amide bonds. The van der Waals surface area contributed by atoms with Crippen LogP contribution in [0.25, 0.3) is 0 Å². The molecule has 0 aromatic carbocycles. The average Bonchev–Trinajstić information content (AvgIpc) is 2.63. The molecule has 86 valence electrons. The summed E-state index contributed by atoms with van der Waals surface area (Å²) in [5.41, 5.74) is 0. The molecule has 1 atom stereocenters. The van der Waals surface area contributed by atoms with Crippen molar-refractivity contribution >= 4 is 5.91 Å². The molecule has 15 heavy (non-hydrogen) atoms. The van der Waals surface area contributed by atoms with Crippen LogP contribution in [0.3, 0.4) is 0 Å². The zero-order valence-corrected chi connectivity index (χ0v) is 9.67. The zero-order chi connectivity index (χ0) is 10.7. The molecule has 1 unspecified atom stereocenters. The maximum atomic E-state index is 11.9. The van der Waals surface area contributed by atoms with Crippen molar-refractivity contribution in [2.24, 2.45) is 11.8 Å². The Balaban J connectivity index is 1.68. The Bertz CT molecular complexity index is 220. The second-order valence-corrected chi connectivity index (χ2v) is 5.13. The Morgan fingerprint density at radius 1 is 1.33 bits per heavy atom. The number of rotatable bonds is 4. The fourth-order valence-electron chi connectivity index (χ4n) is 2.46. The molecule has 3 nitrogen and oxygen atoms in total. The average molecular weight is 210 g/mol. The highest BCUT2D eigenvalue weighted by Gasteiger charge is 2.24. The number of nitrogens with one attached hydrogen (secondary N) is 1. The van der Waals surface area contributed by atoms with E-state index < -0.39 is 0 Å². The fraction of sp³-hybridized carbons (Fsp3) is 0.917. The highest BCUT2D eigenvalue weighted by Crippen LogP contribution is 2.27. The fourth-order valence-corrected chi connectivity index (χ4v) is 2.46. The summed E-state index contributed by atoms with van der Waals surface area (Å²) >= 11 is 0. The number of carbonyl (C=O) groups excluding carboxylic acids is 1. The normalized spacial score (nSPS) is 26.3. The van der Waals surface area contributed by atoms with Gasteiger partial charge < -0.3 is 10.2 Å². The van der Waals surface area contributed by atoms with Crippen molar-refractivity contribution in [2.45, 2.75) is 32.1 Å². The quantitative estimate of drug-likeness (QED) is 0.757. The van der Waals surface area contributed by atoms with E-state index in [-0.39, 0.29) is 0 Å². The summed E-state index contributed by atoms with van der Waals surface area (Å²) in [5.74, 6) is 1.72. The Morgan fingerprint density at radius 2 is 2.13 bits per heavy atom. The first-order valence-corrected chi connectivity index (χ1v) is 6.20. The first-order chi connectivity index (χ1) is 7.25. The van der Waals surface area contributed by atoms with Crippen LogP contribution in [-0.4, -0.2) is 37.5 Å². The van der Waals surface area contributed by atoms with Gasteiger partial charge in [-0.15, -0.1) is 0 Å². The van der Waals surface area contributed by atoms with E-state index >= 15 is 0 Å². The topological polar surface area (TPSA) is 32.3 Å². The summed E-state index contributed by atoms with van der Waals surface area (Å²) < 4.78 is 0. The van der Waals surface area contributed by atoms with Gasteiger partial charge in [0.25, 0.3) is 0 Å². The van der Waals surface area contributed by atoms with Crippen molar-refractivity contribution in [3.63, 3.8) is 0 Å². The van der Waals surface area contributed by atoms with Gasteiger partial charge in [-0.05, 0) is 44.2 Å². The number of nitrogens with zero attached hydrogens (tertiary/aromatic N) is 1. The van der Waals surface area contributed by atoms with Crippen molar-refractivity contribution in [1.29, 1.82) is 0 Å². The summed E-state index contributed by atoms with van der Waals surface area (Å²) in [4.78, 5) is 13.8. The minimum Gasteiger partial charge on any atom is -0.345 e. The molecule has 3 heteroatoms. The van der Waals surface area contributed by atoms with E-state index in [1.807, 2.05) is 11.9 Å². The Hall–Kier alpha value is -0.570. The largest absolute Gasteiger partial charge is 0.345 e. The lowest BCUT2D eigenvalue weighted by Crippen LogP contribution is -2.35. The van der Waals surface area contributed by atoms with Crippen molar-refractivity contribution in [3.8, 4) is 0 Å². The Morgan fingerprint density at radius 3 is 2.67 bits per heavy atom. The van der Waals surface area contributed by atoms with Crippen molar-refractivity contribution in [3.05, 3.63) is 0 Å². The van der Waals surface area contributed by atoms with Crippen LogP contribution in [0, 0.1) is 11.8 Å². The van der Waals surface area contributed by atoms with E-state index in [9.17, 15) is 4.79 Å². The molecule has 1 N–H and O–H groups in total. The highest BCUT2D eigenvalue weighted by molar-refractivity contribution is 5.76. The number of hydrogen-bond donors (Lipinski definition) is 1. The SMILES string of the molecule is CN(CC1CCC1)C(=O)CC1CCNC1. The lowest BCUT2D eigenvalue weighted by atomic mass is 9.85. The molecular weight excluding hydrogens is 188 g/mol. The molecular formula is C12H22N2O. The van der Waals surface area contributed by atoms with Gasteiger partial charge in [0, 0.05) is 20.0 Å². The van der Waals surface area contributed by atoms with E-state index in [1.165, 1.54) is 25.7 Å². The monoisotopic (exact) mass is 210 g/mol. The minimum atomic E-state index is 0.343. The predicted molar refractivity (Wildman–Crippen MR) is 60.6 cm³/mol. The summed E-state index contributed by atoms with van der Waals surface area (Å²) in [6.07, 6.45) is 5.92. The Labute approximate surface area is 92.2 Å². The van der Waals surface area contributed by atoms with Crippen LogP contribution in [0.5, 0.6) is 0 Å². The van der Waals surface area contributed by atoms with Crippen molar-refractivity contribution in [1.82, 2.24) is 10.2 Å². The van der Waals surface area contributed by atoms with Crippen LogP contribution in [0.15, 0.2) is 0 Å². The molecule has 1 saturated carbocycles. The molecule has 0 aromatic rings. The zero-order valence-electron chi connectivity index (χ0n) is 9.67. The standard InChI is InChI=1S/C12H22N2O/c1-14(9-10-3-2-4-10)12(15)7-11-5-6-13-8-11/h10-11,13H,2-9H2,1H3. The first-order valence-electron chi connectivity index (χ1n) is 6.20. The number of carbonyl (C=O) groups is 1. The molecule has 1 saturated heterocycles. The minimum absolute atomic E-state index is 0.343. The molecule has 1 aliphatic carbocycles. The van der Waals surface area contributed by atoms with Gasteiger partial charge in [0.1, 0.15) is 0 Å². The van der Waals surface area contributed by atoms with Crippen LogP contribution in [-0.2, 0) is 4.79 Å². The van der Waals surface area contributed by atoms with Gasteiger partial charge in [-0.1, -0.05) is 6.42 Å². The lowest BCUT2D eigenvalue weighted by molar-refractivity contribution is -0.131. The van der Waals surface area contributed by atoms with Gasteiger partial charge in [-0.3, -0.25) is 4.79 Å². The van der Waals surface area contributed by atoms with Crippen LogP contribution in [0.4, 0.5) is 0 Å². The Kier molecular flexibility index (Phi) is 3.62. The van der Waals surface area contributed by atoms with Crippen molar-refractivity contribution in [2.75, 3.05) is 26.7 Å². The molecule has 2 fully saturated rings. The van der Waals surface area contributed by atoms with Gasteiger partial charge in [-0.2, -0.15) is 0 Å². The maximum absolute atomic E-state index is 11.9. The summed E-state index contributed by atoms with van der Waals surface area (Å²) in [5, 5.41) is 3.31. The molecule has 2 aliphatic rings. The predicted octanol–water partition coefficient (Wildman–Crippen LogP) is 1.24. The molecule has 0 spiro atoms. The van der Waals surface area contributed by atoms with Crippen LogP contribution >= 0.6 is 0 Å². The number of amides is 1. The third-order valence-electron chi connectivity index (χ3n) is 3.81. The van der Waals surface area contributed by atoms with Gasteiger partial charge in [0.2, 0.25) is 5.91 Å². The molecule has 0 bridgehead atoms. The second-order valence-electron chi connectivity index (χ2n) is 5.13. The van der Waals surface area contributed by atoms with Crippen LogP contribution in [0.2, 0.25) is 0 Å². The summed E-state index contributed by atoms with van der Waals surface area (Å²) in [6, 6.07) is 0. The third-order valence-corrected chi connectivity index (χ3v) is 3.81. The van der Waals surface area contributed by atoms with Crippen LogP contribution in [0.1, 0.15) is 32.1 Å². The summed E-state index contributed by atoms with van der Waals surface area (Å²) in [6.45, 7) is 3.10. The van der Waals surface area contributed by atoms with E-state index in [2.05, 4.69) is 5.32 Å². The van der Waals surface area contributed by atoms with Gasteiger partial charge in [0.15, 0.2) is 0 Å². The second kappa shape index (κ2) is 4.97. The smallest absolute Gasteiger partial charge is 0.222 e. The van der Waals surface area contributed by atoms with E-state index in [1.54, 1.807) is 0 Å². The molecule has 0 aromatic heterocycles. The van der Waals surface area contributed by atoms with Gasteiger partial charge >= 0.3 is 0 Å². The molecule has 0 radical (unpaired) electrons. The van der Waals surface area contributed by atoms with Crippen LogP contribution < -0.4 is 5.32 Å². The van der Waals surface area contributed by atoms with E-state index in [4.69, 9.17) is 0 Å². The van der Waals surface area contributed by atoms with Crippen molar-refractivity contribution < 1.29 is 4.79 Å². The maximum Gasteiger partial charge on any atom is 0.222 e. The molecule has 1 aliphatic heterocycles. The summed E-state index contributed by atoms with van der Waals surface area (Å²) in [7, 11) is 1.96.